The number of nitrogens with zero attached hydrogens (tertiary/aromatic N) is 2. The van der Waals surface area contributed by atoms with E-state index in [1.807, 2.05) is 36.0 Å². The molecule has 2 aliphatic rings. The zero-order valence-electron chi connectivity index (χ0n) is 19.9. The summed E-state index contributed by atoms with van der Waals surface area (Å²) >= 11 is 1.87. The number of unbranched alkanes of at least 4 members (excludes halogenated alkanes) is 1. The van der Waals surface area contributed by atoms with Gasteiger partial charge in [-0.25, -0.2) is 0 Å². The maximum Gasteiger partial charge on any atom is 0.119 e. The van der Waals surface area contributed by atoms with E-state index in [0.29, 0.717) is 5.92 Å². The molecule has 0 spiro atoms. The number of hydrogen-bond donors (Lipinski definition) is 1. The summed E-state index contributed by atoms with van der Waals surface area (Å²) in [6.07, 6.45) is 4.04. The molecule has 1 unspecified atom stereocenters. The first-order chi connectivity index (χ1) is 16.7. The smallest absolute Gasteiger partial charge is 0.119 e. The summed E-state index contributed by atoms with van der Waals surface area (Å²) in [5.41, 5.74) is 3.63. The summed E-state index contributed by atoms with van der Waals surface area (Å²) in [6, 6.07) is 25.4. The van der Waals surface area contributed by atoms with Crippen LogP contribution in [0.25, 0.3) is 0 Å². The molecule has 5 rings (SSSR count). The van der Waals surface area contributed by atoms with Crippen LogP contribution in [0.15, 0.2) is 82.6 Å². The fourth-order valence-corrected chi connectivity index (χ4v) is 6.31. The Balaban J connectivity index is 1.11. The van der Waals surface area contributed by atoms with Crippen LogP contribution in [0.5, 0.6) is 5.75 Å². The fraction of sp³-hybridized carbons (Fsp3) is 0.379. The maximum absolute atomic E-state index is 10.9. The van der Waals surface area contributed by atoms with Crippen molar-refractivity contribution < 1.29 is 9.84 Å². The summed E-state index contributed by atoms with van der Waals surface area (Å²) in [7, 11) is 1.67. The molecule has 3 aromatic carbocycles. The first-order valence-corrected chi connectivity index (χ1v) is 13.2. The van der Waals surface area contributed by atoms with E-state index >= 15 is 0 Å². The third-order valence-corrected chi connectivity index (χ3v) is 8.28. The standard InChI is InChI=1S/C29H34N2O2S/c1-33-24-10-8-9-23(21-24)29(32)22-15-19-30(20-16-22)17-6-7-18-31-25-11-2-4-13-27(25)34-28-14-5-3-12-26(28)31/h2-5,8-14,21-22,29,32H,6-7,15-20H2,1H3. The van der Waals surface area contributed by atoms with Crippen LogP contribution in [0.2, 0.25) is 0 Å². The number of anilines is 2. The van der Waals surface area contributed by atoms with Crippen LogP contribution < -0.4 is 9.64 Å². The molecule has 1 atom stereocenters. The lowest BCUT2D eigenvalue weighted by Crippen LogP contribution is -2.36. The predicted molar refractivity (Wildman–Crippen MR) is 140 cm³/mol. The Hall–Kier alpha value is -2.47. The average molecular weight is 475 g/mol. The number of hydrogen-bond acceptors (Lipinski definition) is 5. The number of aliphatic hydroxyl groups is 1. The number of likely N-dealkylation sites (tertiary alicyclic amines) is 1. The highest BCUT2D eigenvalue weighted by Gasteiger charge is 2.27. The van der Waals surface area contributed by atoms with Gasteiger partial charge in [-0.3, -0.25) is 0 Å². The van der Waals surface area contributed by atoms with Crippen LogP contribution in [-0.2, 0) is 0 Å². The molecule has 0 amide bonds. The molecule has 1 N–H and O–H groups in total. The highest BCUT2D eigenvalue weighted by Crippen LogP contribution is 2.47. The van der Waals surface area contributed by atoms with Crippen LogP contribution in [0.4, 0.5) is 11.4 Å². The van der Waals surface area contributed by atoms with E-state index in [9.17, 15) is 5.11 Å². The monoisotopic (exact) mass is 474 g/mol. The molecular weight excluding hydrogens is 440 g/mol. The van der Waals surface area contributed by atoms with Gasteiger partial charge in [-0.15, -0.1) is 0 Å². The number of ether oxygens (including phenoxy) is 1. The van der Waals surface area contributed by atoms with E-state index in [4.69, 9.17) is 4.74 Å². The van der Waals surface area contributed by atoms with Crippen molar-refractivity contribution in [1.29, 1.82) is 0 Å². The van der Waals surface area contributed by atoms with Gasteiger partial charge in [0, 0.05) is 16.3 Å². The number of piperidine rings is 1. The second-order valence-electron chi connectivity index (χ2n) is 9.30. The number of aliphatic hydroxyl groups excluding tert-OH is 1. The Morgan fingerprint density at radius 2 is 1.53 bits per heavy atom. The number of fused-ring (bicyclic) bond motifs is 2. The van der Waals surface area contributed by atoms with Gasteiger partial charge >= 0.3 is 0 Å². The molecule has 0 aliphatic carbocycles. The van der Waals surface area contributed by atoms with E-state index in [1.165, 1.54) is 34.0 Å². The first-order valence-electron chi connectivity index (χ1n) is 12.4. The third-order valence-electron chi connectivity index (χ3n) is 7.15. The molecule has 5 heteroatoms. The van der Waals surface area contributed by atoms with Gasteiger partial charge in [0.2, 0.25) is 0 Å². The van der Waals surface area contributed by atoms with E-state index in [0.717, 1.165) is 50.3 Å². The van der Waals surface area contributed by atoms with E-state index in [-0.39, 0.29) is 0 Å². The molecule has 2 heterocycles. The van der Waals surface area contributed by atoms with Gasteiger partial charge in [0.25, 0.3) is 0 Å². The SMILES string of the molecule is COc1cccc(C(O)C2CCN(CCCCN3c4ccccc4Sc4ccccc43)CC2)c1. The maximum atomic E-state index is 10.9. The van der Waals surface area contributed by atoms with Crippen molar-refractivity contribution in [2.75, 3.05) is 38.2 Å². The van der Waals surface area contributed by atoms with Crippen LogP contribution in [0, 0.1) is 5.92 Å². The van der Waals surface area contributed by atoms with Gasteiger partial charge in [0.05, 0.1) is 24.6 Å². The highest BCUT2D eigenvalue weighted by molar-refractivity contribution is 7.99. The Bertz CT molecular complexity index is 1050. The average Bonchev–Trinajstić information content (AvgIpc) is 2.90. The molecule has 178 valence electrons. The molecule has 0 saturated carbocycles. The normalized spacial score (nSPS) is 17.2. The lowest BCUT2D eigenvalue weighted by atomic mass is 9.87. The lowest BCUT2D eigenvalue weighted by molar-refractivity contribution is 0.0584. The minimum absolute atomic E-state index is 0.321. The van der Waals surface area contributed by atoms with Crippen LogP contribution in [0.1, 0.15) is 37.4 Å². The first kappa shape index (κ1) is 23.3. The largest absolute Gasteiger partial charge is 0.497 e. The van der Waals surface area contributed by atoms with Gasteiger partial charge in [0.1, 0.15) is 5.75 Å². The summed E-state index contributed by atoms with van der Waals surface area (Å²) in [5.74, 6) is 1.13. The van der Waals surface area contributed by atoms with Crippen molar-refractivity contribution in [1.82, 2.24) is 4.90 Å². The third kappa shape index (κ3) is 5.12. The second kappa shape index (κ2) is 10.9. The van der Waals surface area contributed by atoms with Crippen molar-refractivity contribution in [3.8, 4) is 5.75 Å². The van der Waals surface area contributed by atoms with E-state index in [2.05, 4.69) is 58.3 Å². The Kier molecular flexibility index (Phi) is 7.43. The van der Waals surface area contributed by atoms with Gasteiger partial charge in [-0.2, -0.15) is 0 Å². The summed E-state index contributed by atoms with van der Waals surface area (Å²) < 4.78 is 5.32. The van der Waals surface area contributed by atoms with Gasteiger partial charge in [-0.1, -0.05) is 48.2 Å². The van der Waals surface area contributed by atoms with Crippen molar-refractivity contribution >= 4 is 23.1 Å². The molecule has 4 nitrogen and oxygen atoms in total. The molecule has 1 saturated heterocycles. The number of para-hydroxylation sites is 2. The number of methoxy groups -OCH3 is 1. The van der Waals surface area contributed by atoms with E-state index in [1.54, 1.807) is 7.11 Å². The van der Waals surface area contributed by atoms with Crippen LogP contribution >= 0.6 is 11.8 Å². The minimum atomic E-state index is -0.408. The van der Waals surface area contributed by atoms with Gasteiger partial charge in [0.15, 0.2) is 0 Å². The lowest BCUT2D eigenvalue weighted by Gasteiger charge is -2.35. The summed E-state index contributed by atoms with van der Waals surface area (Å²) in [5, 5.41) is 10.9. The van der Waals surface area contributed by atoms with Gasteiger partial charge < -0.3 is 19.6 Å². The molecule has 34 heavy (non-hydrogen) atoms. The topological polar surface area (TPSA) is 35.9 Å². The van der Waals surface area contributed by atoms with Crippen LogP contribution in [0.3, 0.4) is 0 Å². The molecule has 1 fully saturated rings. The number of rotatable bonds is 8. The molecule has 2 aliphatic heterocycles. The van der Waals surface area contributed by atoms with Crippen molar-refractivity contribution in [3.63, 3.8) is 0 Å². The van der Waals surface area contributed by atoms with Crippen molar-refractivity contribution in [3.05, 3.63) is 78.4 Å². The number of benzene rings is 3. The summed E-state index contributed by atoms with van der Waals surface area (Å²) in [6.45, 7) is 4.31. The molecular formula is C29H34N2O2S. The summed E-state index contributed by atoms with van der Waals surface area (Å²) in [4.78, 5) is 7.76. The van der Waals surface area contributed by atoms with Gasteiger partial charge in [-0.05, 0) is 93.2 Å². The van der Waals surface area contributed by atoms with Crippen molar-refractivity contribution in [2.24, 2.45) is 5.92 Å². The molecule has 3 aromatic rings. The Morgan fingerprint density at radius 1 is 0.882 bits per heavy atom. The molecule has 0 aromatic heterocycles. The molecule has 0 bridgehead atoms. The van der Waals surface area contributed by atoms with Crippen molar-refractivity contribution in [2.45, 2.75) is 41.6 Å². The quantitative estimate of drug-likeness (QED) is 0.376. The highest BCUT2D eigenvalue weighted by atomic mass is 32.2. The Morgan fingerprint density at radius 3 is 2.21 bits per heavy atom. The molecule has 0 radical (unpaired) electrons. The fourth-order valence-electron chi connectivity index (χ4n) is 5.22. The zero-order valence-corrected chi connectivity index (χ0v) is 20.7. The predicted octanol–water partition coefficient (Wildman–Crippen LogP) is 6.52. The zero-order chi connectivity index (χ0) is 23.3. The van der Waals surface area contributed by atoms with Crippen LogP contribution in [-0.4, -0.2) is 43.3 Å². The second-order valence-corrected chi connectivity index (χ2v) is 10.4. The van der Waals surface area contributed by atoms with E-state index < -0.39 is 6.10 Å². The Labute approximate surface area is 207 Å². The minimum Gasteiger partial charge on any atom is -0.497 e.